The monoisotopic (exact) mass is 300 g/mol. The van der Waals surface area contributed by atoms with Gasteiger partial charge >= 0.3 is 0 Å². The van der Waals surface area contributed by atoms with E-state index in [4.69, 9.17) is 11.6 Å². The van der Waals surface area contributed by atoms with Crippen LogP contribution in [0.3, 0.4) is 0 Å². The molecule has 0 amide bonds. The van der Waals surface area contributed by atoms with Gasteiger partial charge in [-0.15, -0.1) is 11.6 Å². The van der Waals surface area contributed by atoms with Crippen molar-refractivity contribution in [2.45, 2.75) is 51.4 Å². The first-order valence-corrected chi connectivity index (χ1v) is 8.23. The summed E-state index contributed by atoms with van der Waals surface area (Å²) < 4.78 is 4.39. The maximum Gasteiger partial charge on any atom is 0.159 e. The Labute approximate surface area is 123 Å². The van der Waals surface area contributed by atoms with Crippen molar-refractivity contribution in [3.05, 3.63) is 11.5 Å². The molecule has 2 heterocycles. The minimum absolute atomic E-state index is 0.144. The number of aromatic nitrogens is 4. The van der Waals surface area contributed by atoms with Gasteiger partial charge in [0.25, 0.3) is 0 Å². The molecule has 2 rings (SSSR count). The average Bonchev–Trinajstić information content (AvgIpc) is 2.88. The molecule has 0 N–H and O–H groups in total. The molecule has 0 bridgehead atoms. The SMILES string of the molecule is CCn1nc(C)c2nc(CCl)n(CC(C)(C)SC)c21. The second-order valence-corrected chi connectivity index (χ2v) is 7.07. The highest BCUT2D eigenvalue weighted by Gasteiger charge is 2.23. The Kier molecular flexibility index (Phi) is 4.16. The maximum atomic E-state index is 6.06. The van der Waals surface area contributed by atoms with Crippen LogP contribution in [0.1, 0.15) is 32.3 Å². The third kappa shape index (κ3) is 2.63. The van der Waals surface area contributed by atoms with Crippen LogP contribution in [0.2, 0.25) is 0 Å². The first kappa shape index (κ1) is 14.7. The van der Waals surface area contributed by atoms with Gasteiger partial charge in [0.05, 0.1) is 11.6 Å². The van der Waals surface area contributed by atoms with Gasteiger partial charge in [-0.2, -0.15) is 16.9 Å². The van der Waals surface area contributed by atoms with Crippen LogP contribution < -0.4 is 0 Å². The third-order valence-electron chi connectivity index (χ3n) is 3.39. The summed E-state index contributed by atoms with van der Waals surface area (Å²) in [6.07, 6.45) is 2.14. The molecule has 19 heavy (non-hydrogen) atoms. The van der Waals surface area contributed by atoms with Gasteiger partial charge in [-0.1, -0.05) is 0 Å². The molecule has 0 saturated heterocycles. The fourth-order valence-electron chi connectivity index (χ4n) is 2.20. The van der Waals surface area contributed by atoms with Crippen molar-refractivity contribution in [1.29, 1.82) is 0 Å². The minimum atomic E-state index is 0.144. The first-order chi connectivity index (χ1) is 8.93. The van der Waals surface area contributed by atoms with E-state index in [1.807, 2.05) is 23.4 Å². The molecule has 0 aromatic carbocycles. The van der Waals surface area contributed by atoms with Gasteiger partial charge in [0.2, 0.25) is 0 Å². The zero-order valence-corrected chi connectivity index (χ0v) is 13.8. The smallest absolute Gasteiger partial charge is 0.159 e. The molecular formula is C13H21ClN4S. The summed E-state index contributed by atoms with van der Waals surface area (Å²) >= 11 is 7.91. The molecule has 2 aromatic heterocycles. The van der Waals surface area contributed by atoms with Crippen LogP contribution in [0, 0.1) is 6.92 Å². The lowest BCUT2D eigenvalue weighted by atomic mass is 10.2. The Morgan fingerprint density at radius 2 is 2.05 bits per heavy atom. The molecule has 6 heteroatoms. The van der Waals surface area contributed by atoms with Crippen molar-refractivity contribution in [3.63, 3.8) is 0 Å². The van der Waals surface area contributed by atoms with Crippen LogP contribution in [0.15, 0.2) is 0 Å². The van der Waals surface area contributed by atoms with Gasteiger partial charge in [0, 0.05) is 17.8 Å². The van der Waals surface area contributed by atoms with Crippen molar-refractivity contribution in [2.24, 2.45) is 0 Å². The molecule has 2 aromatic rings. The lowest BCUT2D eigenvalue weighted by Crippen LogP contribution is -2.24. The first-order valence-electron chi connectivity index (χ1n) is 6.47. The summed E-state index contributed by atoms with van der Waals surface area (Å²) in [5.74, 6) is 1.36. The van der Waals surface area contributed by atoms with Crippen molar-refractivity contribution in [2.75, 3.05) is 6.26 Å². The molecule has 106 valence electrons. The van der Waals surface area contributed by atoms with E-state index in [1.165, 1.54) is 0 Å². The molecule has 0 unspecified atom stereocenters. The molecule has 0 radical (unpaired) electrons. The van der Waals surface area contributed by atoms with E-state index in [0.717, 1.165) is 35.8 Å². The summed E-state index contributed by atoms with van der Waals surface area (Å²) in [6.45, 7) is 10.3. The Bertz CT molecular complexity index is 585. The summed E-state index contributed by atoms with van der Waals surface area (Å²) in [4.78, 5) is 4.66. The number of hydrogen-bond donors (Lipinski definition) is 0. The second-order valence-electron chi connectivity index (χ2n) is 5.29. The number of halogens is 1. The Morgan fingerprint density at radius 1 is 1.37 bits per heavy atom. The zero-order valence-electron chi connectivity index (χ0n) is 12.2. The molecule has 0 aliphatic heterocycles. The maximum absolute atomic E-state index is 6.06. The van der Waals surface area contributed by atoms with Crippen molar-refractivity contribution < 1.29 is 0 Å². The number of thioether (sulfide) groups is 1. The molecule has 0 saturated carbocycles. The van der Waals surface area contributed by atoms with E-state index >= 15 is 0 Å². The molecule has 0 aliphatic rings. The zero-order chi connectivity index (χ0) is 14.2. The van der Waals surface area contributed by atoms with E-state index < -0.39 is 0 Å². The fraction of sp³-hybridized carbons (Fsp3) is 0.692. The third-order valence-corrected chi connectivity index (χ3v) is 4.86. The molecule has 0 spiro atoms. The van der Waals surface area contributed by atoms with Gasteiger partial charge in [0.15, 0.2) is 5.65 Å². The van der Waals surface area contributed by atoms with Crippen molar-refractivity contribution in [1.82, 2.24) is 19.3 Å². The molecule has 0 aliphatic carbocycles. The normalized spacial score (nSPS) is 12.5. The van der Waals surface area contributed by atoms with Crippen LogP contribution in [0.5, 0.6) is 0 Å². The lowest BCUT2D eigenvalue weighted by molar-refractivity contribution is 0.546. The number of hydrogen-bond acceptors (Lipinski definition) is 3. The van der Waals surface area contributed by atoms with Gasteiger partial charge in [-0.3, -0.25) is 0 Å². The molecule has 0 fully saturated rings. The van der Waals surface area contributed by atoms with E-state index in [2.05, 4.69) is 41.7 Å². The fourth-order valence-corrected chi connectivity index (χ4v) is 2.67. The number of fused-ring (bicyclic) bond motifs is 1. The summed E-state index contributed by atoms with van der Waals surface area (Å²) in [7, 11) is 0. The highest BCUT2D eigenvalue weighted by atomic mass is 35.5. The molecule has 4 nitrogen and oxygen atoms in total. The van der Waals surface area contributed by atoms with E-state index in [9.17, 15) is 0 Å². The standard InChI is InChI=1S/C13H21ClN4S/c1-6-18-12-11(9(2)16-18)15-10(7-14)17(12)8-13(3,4)19-5/h6-8H2,1-5H3. The highest BCUT2D eigenvalue weighted by molar-refractivity contribution is 7.99. The topological polar surface area (TPSA) is 35.6 Å². The summed E-state index contributed by atoms with van der Waals surface area (Å²) in [6, 6.07) is 0. The van der Waals surface area contributed by atoms with E-state index in [-0.39, 0.29) is 4.75 Å². The number of rotatable bonds is 5. The van der Waals surface area contributed by atoms with Crippen molar-refractivity contribution >= 4 is 34.5 Å². The average molecular weight is 301 g/mol. The minimum Gasteiger partial charge on any atom is -0.310 e. The summed E-state index contributed by atoms with van der Waals surface area (Å²) in [5, 5.41) is 4.54. The van der Waals surface area contributed by atoms with Crippen LogP contribution >= 0.6 is 23.4 Å². The predicted octanol–water partition coefficient (Wildman–Crippen LogP) is 3.44. The Hall–Kier alpha value is -0.680. The number of aryl methyl sites for hydroxylation is 2. The van der Waals surface area contributed by atoms with Crippen LogP contribution in [0.25, 0.3) is 11.2 Å². The van der Waals surface area contributed by atoms with Gasteiger partial charge in [-0.25, -0.2) is 9.67 Å². The van der Waals surface area contributed by atoms with Gasteiger partial charge < -0.3 is 4.57 Å². The molecule has 0 atom stereocenters. The largest absolute Gasteiger partial charge is 0.310 e. The summed E-state index contributed by atoms with van der Waals surface area (Å²) in [5.41, 5.74) is 3.05. The van der Waals surface area contributed by atoms with E-state index in [0.29, 0.717) is 5.88 Å². The van der Waals surface area contributed by atoms with Crippen LogP contribution in [-0.2, 0) is 19.0 Å². The van der Waals surface area contributed by atoms with Gasteiger partial charge in [0.1, 0.15) is 11.3 Å². The quantitative estimate of drug-likeness (QED) is 0.794. The highest BCUT2D eigenvalue weighted by Crippen LogP contribution is 2.28. The lowest BCUT2D eigenvalue weighted by Gasteiger charge is -2.24. The number of alkyl halides is 1. The Morgan fingerprint density at radius 3 is 2.58 bits per heavy atom. The van der Waals surface area contributed by atoms with Crippen molar-refractivity contribution in [3.8, 4) is 0 Å². The van der Waals surface area contributed by atoms with E-state index in [1.54, 1.807) is 0 Å². The predicted molar refractivity (Wildman–Crippen MR) is 83.1 cm³/mol. The second kappa shape index (κ2) is 5.37. The number of nitrogens with zero attached hydrogens (tertiary/aromatic N) is 4. The number of imidazole rings is 1. The molecular weight excluding hydrogens is 280 g/mol. The van der Waals surface area contributed by atoms with Crippen LogP contribution in [0.4, 0.5) is 0 Å². The van der Waals surface area contributed by atoms with Crippen LogP contribution in [-0.4, -0.2) is 30.3 Å². The van der Waals surface area contributed by atoms with Gasteiger partial charge in [-0.05, 0) is 34.0 Å². The Balaban J connectivity index is 2.62.